The topological polar surface area (TPSA) is 58.4 Å². The Morgan fingerprint density at radius 2 is 2.43 bits per heavy atom. The van der Waals surface area contributed by atoms with E-state index >= 15 is 0 Å². The zero-order chi connectivity index (χ0) is 10.6. The Labute approximate surface area is 89.8 Å². The summed E-state index contributed by atoms with van der Waals surface area (Å²) in [6, 6.07) is 0.0225. The maximum atomic E-state index is 11.5. The number of nitrogens with one attached hydrogen (secondary N) is 1. The van der Waals surface area contributed by atoms with Crippen LogP contribution < -0.4 is 11.1 Å². The third kappa shape index (κ3) is 2.92. The number of thiocarbonyl (C=S) groups is 1. The van der Waals surface area contributed by atoms with Gasteiger partial charge in [-0.15, -0.1) is 0 Å². The first-order valence-corrected chi connectivity index (χ1v) is 5.30. The van der Waals surface area contributed by atoms with E-state index in [-0.39, 0.29) is 11.9 Å². The lowest BCUT2D eigenvalue weighted by Gasteiger charge is -2.22. The molecule has 14 heavy (non-hydrogen) atoms. The number of likely N-dealkylation sites (tertiary alicyclic amines) is 1. The lowest BCUT2D eigenvalue weighted by Crippen LogP contribution is -2.42. The van der Waals surface area contributed by atoms with E-state index in [9.17, 15) is 4.79 Å². The Bertz CT molecular complexity index is 232. The van der Waals surface area contributed by atoms with Gasteiger partial charge in [0.25, 0.3) is 0 Å². The van der Waals surface area contributed by atoms with Gasteiger partial charge in [0.15, 0.2) is 0 Å². The number of hydrogen-bond donors (Lipinski definition) is 2. The van der Waals surface area contributed by atoms with Crippen molar-refractivity contribution >= 4 is 23.1 Å². The summed E-state index contributed by atoms with van der Waals surface area (Å²) in [6.45, 7) is 1.77. The predicted octanol–water partition coefficient (Wildman–Crippen LogP) is -0.127. The first-order valence-electron chi connectivity index (χ1n) is 4.89. The zero-order valence-electron chi connectivity index (χ0n) is 8.45. The van der Waals surface area contributed by atoms with Crippen molar-refractivity contribution in [2.24, 2.45) is 5.73 Å². The van der Waals surface area contributed by atoms with Crippen molar-refractivity contribution in [3.05, 3.63) is 0 Å². The van der Waals surface area contributed by atoms with Crippen LogP contribution in [-0.4, -0.2) is 42.0 Å². The van der Waals surface area contributed by atoms with Crippen molar-refractivity contribution < 1.29 is 4.79 Å². The van der Waals surface area contributed by atoms with E-state index in [4.69, 9.17) is 18.0 Å². The molecule has 0 aromatic rings. The Kier molecular flexibility index (Phi) is 4.28. The highest BCUT2D eigenvalue weighted by atomic mass is 32.1. The molecule has 1 aliphatic rings. The van der Waals surface area contributed by atoms with E-state index in [0.29, 0.717) is 11.4 Å². The Morgan fingerprint density at radius 3 is 3.00 bits per heavy atom. The van der Waals surface area contributed by atoms with Crippen molar-refractivity contribution in [2.75, 3.05) is 20.1 Å². The van der Waals surface area contributed by atoms with E-state index in [1.807, 2.05) is 0 Å². The number of amides is 1. The molecule has 0 radical (unpaired) electrons. The highest BCUT2D eigenvalue weighted by molar-refractivity contribution is 7.80. The molecule has 5 heteroatoms. The maximum absolute atomic E-state index is 11.5. The van der Waals surface area contributed by atoms with Gasteiger partial charge in [-0.25, -0.2) is 0 Å². The molecule has 1 amide bonds. The molecular weight excluding hydrogens is 198 g/mol. The van der Waals surface area contributed by atoms with Crippen LogP contribution in [0.1, 0.15) is 19.3 Å². The molecule has 0 spiro atoms. The van der Waals surface area contributed by atoms with Crippen LogP contribution in [0.25, 0.3) is 0 Å². The SMILES string of the molecule is CNC(=O)C1CCCN1CCC(N)=S. The van der Waals surface area contributed by atoms with Gasteiger partial charge in [0.05, 0.1) is 11.0 Å². The number of likely N-dealkylation sites (N-methyl/N-ethyl adjacent to an activating group) is 1. The average molecular weight is 215 g/mol. The van der Waals surface area contributed by atoms with E-state index in [1.165, 1.54) is 0 Å². The fraction of sp³-hybridized carbons (Fsp3) is 0.778. The van der Waals surface area contributed by atoms with Gasteiger partial charge in [0.1, 0.15) is 0 Å². The Morgan fingerprint density at radius 1 is 1.71 bits per heavy atom. The van der Waals surface area contributed by atoms with Crippen molar-refractivity contribution in [3.8, 4) is 0 Å². The second-order valence-electron chi connectivity index (χ2n) is 3.52. The largest absolute Gasteiger partial charge is 0.393 e. The van der Waals surface area contributed by atoms with E-state index in [0.717, 1.165) is 25.9 Å². The minimum Gasteiger partial charge on any atom is -0.393 e. The van der Waals surface area contributed by atoms with Crippen molar-refractivity contribution in [3.63, 3.8) is 0 Å². The van der Waals surface area contributed by atoms with Crippen LogP contribution in [0.4, 0.5) is 0 Å². The lowest BCUT2D eigenvalue weighted by molar-refractivity contribution is -0.124. The zero-order valence-corrected chi connectivity index (χ0v) is 9.27. The van der Waals surface area contributed by atoms with Gasteiger partial charge in [0, 0.05) is 20.0 Å². The molecule has 1 fully saturated rings. The fourth-order valence-corrected chi connectivity index (χ4v) is 1.90. The molecule has 1 unspecified atom stereocenters. The summed E-state index contributed by atoms with van der Waals surface area (Å²) in [5, 5.41) is 2.68. The van der Waals surface area contributed by atoms with E-state index < -0.39 is 0 Å². The quantitative estimate of drug-likeness (QED) is 0.642. The number of carbonyl (C=O) groups excluding carboxylic acids is 1. The molecule has 1 aliphatic heterocycles. The monoisotopic (exact) mass is 215 g/mol. The molecule has 1 atom stereocenters. The summed E-state index contributed by atoms with van der Waals surface area (Å²) in [7, 11) is 1.67. The van der Waals surface area contributed by atoms with E-state index in [2.05, 4.69) is 10.2 Å². The summed E-state index contributed by atoms with van der Waals surface area (Å²) in [5.41, 5.74) is 5.43. The van der Waals surface area contributed by atoms with Crippen molar-refractivity contribution in [2.45, 2.75) is 25.3 Å². The highest BCUT2D eigenvalue weighted by Gasteiger charge is 2.29. The summed E-state index contributed by atoms with van der Waals surface area (Å²) >= 11 is 4.81. The van der Waals surface area contributed by atoms with Crippen molar-refractivity contribution in [1.82, 2.24) is 10.2 Å². The molecule has 80 valence electrons. The van der Waals surface area contributed by atoms with Crippen LogP contribution in [0.2, 0.25) is 0 Å². The molecule has 0 aromatic heterocycles. The smallest absolute Gasteiger partial charge is 0.237 e. The molecule has 0 bridgehead atoms. The number of nitrogens with two attached hydrogens (primary N) is 1. The highest BCUT2D eigenvalue weighted by Crippen LogP contribution is 2.17. The molecular formula is C9H17N3OS. The molecule has 1 saturated heterocycles. The van der Waals surface area contributed by atoms with Crippen LogP contribution in [0.5, 0.6) is 0 Å². The van der Waals surface area contributed by atoms with Gasteiger partial charge in [-0.3, -0.25) is 9.69 Å². The van der Waals surface area contributed by atoms with Crippen LogP contribution in [0, 0.1) is 0 Å². The minimum absolute atomic E-state index is 0.0225. The van der Waals surface area contributed by atoms with Crippen LogP contribution in [0.15, 0.2) is 0 Å². The molecule has 0 aliphatic carbocycles. The van der Waals surface area contributed by atoms with Gasteiger partial charge in [-0.2, -0.15) is 0 Å². The fourth-order valence-electron chi connectivity index (χ4n) is 1.81. The first-order chi connectivity index (χ1) is 6.65. The van der Waals surface area contributed by atoms with Gasteiger partial charge in [-0.1, -0.05) is 12.2 Å². The average Bonchev–Trinajstić information content (AvgIpc) is 2.61. The second kappa shape index (κ2) is 5.26. The summed E-state index contributed by atoms with van der Waals surface area (Å²) < 4.78 is 0. The van der Waals surface area contributed by atoms with Gasteiger partial charge >= 0.3 is 0 Å². The summed E-state index contributed by atoms with van der Waals surface area (Å²) in [6.07, 6.45) is 2.72. The summed E-state index contributed by atoms with van der Waals surface area (Å²) in [5.74, 6) is 0.102. The molecule has 1 heterocycles. The standard InChI is InChI=1S/C9H17N3OS/c1-11-9(13)7-3-2-5-12(7)6-4-8(10)14/h7H,2-6H2,1H3,(H2,10,14)(H,11,13). The Hall–Kier alpha value is -0.680. The third-order valence-corrected chi connectivity index (χ3v) is 2.76. The second-order valence-corrected chi connectivity index (χ2v) is 4.05. The predicted molar refractivity (Wildman–Crippen MR) is 60.1 cm³/mol. The molecule has 4 nitrogen and oxygen atoms in total. The number of nitrogens with zero attached hydrogens (tertiary/aromatic N) is 1. The number of carbonyl (C=O) groups is 1. The van der Waals surface area contributed by atoms with Crippen LogP contribution in [-0.2, 0) is 4.79 Å². The van der Waals surface area contributed by atoms with E-state index in [1.54, 1.807) is 7.05 Å². The maximum Gasteiger partial charge on any atom is 0.237 e. The van der Waals surface area contributed by atoms with Gasteiger partial charge in [-0.05, 0) is 19.4 Å². The summed E-state index contributed by atoms with van der Waals surface area (Å²) in [4.78, 5) is 14.1. The van der Waals surface area contributed by atoms with Crippen LogP contribution >= 0.6 is 12.2 Å². The first kappa shape index (κ1) is 11.4. The molecule has 0 aromatic carbocycles. The van der Waals surface area contributed by atoms with Crippen molar-refractivity contribution in [1.29, 1.82) is 0 Å². The normalized spacial score (nSPS) is 22.2. The third-order valence-electron chi connectivity index (χ3n) is 2.56. The molecule has 3 N–H and O–H groups in total. The number of hydrogen-bond acceptors (Lipinski definition) is 3. The molecule has 1 rings (SSSR count). The van der Waals surface area contributed by atoms with Gasteiger partial charge in [0.2, 0.25) is 5.91 Å². The number of rotatable bonds is 4. The minimum atomic E-state index is 0.0225. The van der Waals surface area contributed by atoms with Crippen LogP contribution in [0.3, 0.4) is 0 Å². The Balaban J connectivity index is 2.42. The van der Waals surface area contributed by atoms with Gasteiger partial charge < -0.3 is 11.1 Å². The molecule has 0 saturated carbocycles. The lowest BCUT2D eigenvalue weighted by atomic mass is 10.2.